The van der Waals surface area contributed by atoms with Crippen LogP contribution in [0.5, 0.6) is 0 Å². The molecule has 0 aliphatic heterocycles. The smallest absolute Gasteiger partial charge is 0.0468 e. The molecule has 2 nitrogen and oxygen atoms in total. The molecule has 2 heteroatoms. The zero-order valence-electron chi connectivity index (χ0n) is 31.7. The van der Waals surface area contributed by atoms with Crippen LogP contribution in [0.15, 0.2) is 262 Å². The highest BCUT2D eigenvalue weighted by Crippen LogP contribution is 2.42. The Morgan fingerprint density at radius 3 is 1.71 bits per heavy atom. The molecule has 0 spiro atoms. The van der Waals surface area contributed by atoms with Gasteiger partial charge in [-0.15, -0.1) is 0 Å². The van der Waals surface area contributed by atoms with Gasteiger partial charge in [-0.2, -0.15) is 0 Å². The van der Waals surface area contributed by atoms with Gasteiger partial charge in [0.05, 0.1) is 0 Å². The molecular formula is C54H46N2. The third kappa shape index (κ3) is 9.38. The largest absolute Gasteiger partial charge is 0.356 e. The molecule has 0 radical (unpaired) electrons. The van der Waals surface area contributed by atoms with E-state index in [1.54, 1.807) is 24.3 Å². The average molecular weight is 723 g/mol. The molecule has 0 amide bonds. The first-order chi connectivity index (χ1) is 27.5. The number of nitrogens with one attached hydrogen (secondary N) is 1. The van der Waals surface area contributed by atoms with Gasteiger partial charge in [-0.25, -0.2) is 0 Å². The van der Waals surface area contributed by atoms with Crippen molar-refractivity contribution in [2.75, 3.05) is 4.90 Å². The van der Waals surface area contributed by atoms with E-state index in [1.165, 1.54) is 11.1 Å². The molecule has 6 rings (SSSR count). The number of hydrogen-bond donors (Lipinski definition) is 1. The normalized spacial score (nSPS) is 11.8. The minimum absolute atomic E-state index is 0.794. The summed E-state index contributed by atoms with van der Waals surface area (Å²) in [6, 6.07) is 55.7. The van der Waals surface area contributed by atoms with E-state index < -0.39 is 0 Å². The zero-order chi connectivity index (χ0) is 39.1. The van der Waals surface area contributed by atoms with Gasteiger partial charge in [-0.1, -0.05) is 179 Å². The second-order valence-electron chi connectivity index (χ2n) is 13.0. The molecule has 272 valence electrons. The highest BCUT2D eigenvalue weighted by molar-refractivity contribution is 5.92. The molecule has 0 aromatic heterocycles. The van der Waals surface area contributed by atoms with Crippen molar-refractivity contribution in [2.45, 2.75) is 0 Å². The first-order valence-electron chi connectivity index (χ1n) is 18.6. The van der Waals surface area contributed by atoms with E-state index in [1.807, 2.05) is 30.4 Å². The summed E-state index contributed by atoms with van der Waals surface area (Å²) in [7, 11) is 0. The number of para-hydroxylation sites is 1. The van der Waals surface area contributed by atoms with Crippen molar-refractivity contribution in [1.29, 1.82) is 0 Å². The van der Waals surface area contributed by atoms with Crippen molar-refractivity contribution in [1.82, 2.24) is 5.32 Å². The second-order valence-corrected chi connectivity index (χ2v) is 13.0. The molecule has 0 saturated carbocycles. The number of allylic oxidation sites excluding steroid dienone is 10. The van der Waals surface area contributed by atoms with Crippen LogP contribution in [0, 0.1) is 0 Å². The molecule has 0 unspecified atom stereocenters. The minimum Gasteiger partial charge on any atom is -0.356 e. The van der Waals surface area contributed by atoms with Crippen LogP contribution >= 0.6 is 0 Å². The Balaban J connectivity index is 1.51. The standard InChI is InChI=1S/C54H46N2/c1-6-10-23-41(5)46(39-48(9-4)55-47(8-3)22-7-2)38-45-28-20-21-31-52(45)53-37-36-51(40-54(53)44-26-16-12-17-27-44)56(49-29-18-13-19-30-49)50-34-32-43(33-35-50)42-24-14-11-15-25-42/h6-40,55H,1-5H2/b23-10-,46-38-,47-22+,48-39+. The highest BCUT2D eigenvalue weighted by atomic mass is 15.1. The van der Waals surface area contributed by atoms with E-state index in [2.05, 4.69) is 201 Å². The summed E-state index contributed by atoms with van der Waals surface area (Å²) < 4.78 is 0. The van der Waals surface area contributed by atoms with E-state index in [0.29, 0.717) is 0 Å². The van der Waals surface area contributed by atoms with Gasteiger partial charge in [0.2, 0.25) is 0 Å². The number of rotatable bonds is 16. The Morgan fingerprint density at radius 1 is 0.500 bits per heavy atom. The first-order valence-corrected chi connectivity index (χ1v) is 18.6. The summed E-state index contributed by atoms with van der Waals surface area (Å²) >= 11 is 0. The fourth-order valence-electron chi connectivity index (χ4n) is 6.53. The molecule has 0 aliphatic rings. The monoisotopic (exact) mass is 722 g/mol. The van der Waals surface area contributed by atoms with E-state index in [-0.39, 0.29) is 0 Å². The maximum atomic E-state index is 4.42. The quantitative estimate of drug-likeness (QED) is 0.100. The Kier molecular flexibility index (Phi) is 13.0. The number of hydrogen-bond acceptors (Lipinski definition) is 2. The summed E-state index contributed by atoms with van der Waals surface area (Å²) in [5, 5.41) is 3.40. The van der Waals surface area contributed by atoms with Crippen LogP contribution in [0.4, 0.5) is 17.1 Å². The summed E-state index contributed by atoms with van der Waals surface area (Å²) in [4.78, 5) is 2.32. The van der Waals surface area contributed by atoms with E-state index in [4.69, 9.17) is 0 Å². The summed E-state index contributed by atoms with van der Waals surface area (Å²) in [6.07, 6.45) is 16.9. The van der Waals surface area contributed by atoms with Crippen LogP contribution < -0.4 is 10.2 Å². The molecule has 6 aromatic carbocycles. The lowest BCUT2D eigenvalue weighted by Crippen LogP contribution is -2.10. The SMILES string of the molecule is C=C/C=C\C(=C)C(=C\c1ccccc1-c1ccc(N(c2ccccc2)c2ccc(-c3ccccc3)cc2)cc1-c1ccccc1)/C=C(\C=C)N/C(C=C)=C/C=C. The van der Waals surface area contributed by atoms with Crippen molar-refractivity contribution in [3.05, 3.63) is 267 Å². The van der Waals surface area contributed by atoms with E-state index in [0.717, 1.165) is 67.4 Å². The van der Waals surface area contributed by atoms with Gasteiger partial charge < -0.3 is 10.2 Å². The second kappa shape index (κ2) is 19.1. The fraction of sp³-hybridized carbons (Fsp3) is 0. The van der Waals surface area contributed by atoms with Crippen molar-refractivity contribution < 1.29 is 0 Å². The molecule has 6 aromatic rings. The zero-order valence-corrected chi connectivity index (χ0v) is 31.7. The molecule has 56 heavy (non-hydrogen) atoms. The lowest BCUT2D eigenvalue weighted by atomic mass is 9.90. The van der Waals surface area contributed by atoms with Gasteiger partial charge >= 0.3 is 0 Å². The molecule has 0 aliphatic carbocycles. The van der Waals surface area contributed by atoms with E-state index in [9.17, 15) is 0 Å². The summed E-state index contributed by atoms with van der Waals surface area (Å²) in [5.74, 6) is 0. The molecule has 0 fully saturated rings. The van der Waals surface area contributed by atoms with E-state index >= 15 is 0 Å². The van der Waals surface area contributed by atoms with Crippen LogP contribution in [-0.4, -0.2) is 0 Å². The van der Waals surface area contributed by atoms with Gasteiger partial charge in [-0.05, 0) is 117 Å². The van der Waals surface area contributed by atoms with Crippen molar-refractivity contribution in [2.24, 2.45) is 0 Å². The van der Waals surface area contributed by atoms with Crippen LogP contribution in [-0.2, 0) is 0 Å². The van der Waals surface area contributed by atoms with Crippen molar-refractivity contribution in [3.63, 3.8) is 0 Å². The molecule has 1 N–H and O–H groups in total. The summed E-state index contributed by atoms with van der Waals surface area (Å²) in [5.41, 5.74) is 14.4. The summed E-state index contributed by atoms with van der Waals surface area (Å²) in [6.45, 7) is 20.1. The molecular weight excluding hydrogens is 677 g/mol. The van der Waals surface area contributed by atoms with Gasteiger partial charge in [0.1, 0.15) is 0 Å². The number of benzene rings is 6. The Labute approximate surface area is 332 Å². The van der Waals surface area contributed by atoms with Crippen LogP contribution in [0.1, 0.15) is 5.56 Å². The highest BCUT2D eigenvalue weighted by Gasteiger charge is 2.18. The Hall–Kier alpha value is -7.42. The fourth-order valence-corrected chi connectivity index (χ4v) is 6.53. The van der Waals surface area contributed by atoms with Gasteiger partial charge in [0.15, 0.2) is 0 Å². The first kappa shape index (κ1) is 38.3. The maximum Gasteiger partial charge on any atom is 0.0468 e. The third-order valence-corrected chi connectivity index (χ3v) is 9.30. The van der Waals surface area contributed by atoms with Gasteiger partial charge in [-0.3, -0.25) is 0 Å². The van der Waals surface area contributed by atoms with Gasteiger partial charge in [0.25, 0.3) is 0 Å². The van der Waals surface area contributed by atoms with Crippen LogP contribution in [0.3, 0.4) is 0 Å². The molecule has 0 atom stereocenters. The predicted molar refractivity (Wildman–Crippen MR) is 244 cm³/mol. The maximum absolute atomic E-state index is 4.42. The Bertz CT molecular complexity index is 2440. The average Bonchev–Trinajstić information content (AvgIpc) is 3.26. The van der Waals surface area contributed by atoms with Gasteiger partial charge in [0, 0.05) is 28.5 Å². The lowest BCUT2D eigenvalue weighted by molar-refractivity contribution is 1.05. The topological polar surface area (TPSA) is 15.3 Å². The predicted octanol–water partition coefficient (Wildman–Crippen LogP) is 14.8. The minimum atomic E-state index is 0.794. The Morgan fingerprint density at radius 2 is 1.07 bits per heavy atom. The van der Waals surface area contributed by atoms with Crippen LogP contribution in [0.2, 0.25) is 0 Å². The number of nitrogens with zero attached hydrogens (tertiary/aromatic N) is 1. The van der Waals surface area contributed by atoms with Crippen molar-refractivity contribution >= 4 is 23.1 Å². The molecule has 0 bridgehead atoms. The molecule has 0 heterocycles. The number of anilines is 3. The van der Waals surface area contributed by atoms with Crippen LogP contribution in [0.25, 0.3) is 39.5 Å². The third-order valence-electron chi connectivity index (χ3n) is 9.30. The lowest BCUT2D eigenvalue weighted by Gasteiger charge is -2.27. The molecule has 0 saturated heterocycles. The van der Waals surface area contributed by atoms with Crippen molar-refractivity contribution in [3.8, 4) is 33.4 Å².